The molecule has 0 bridgehead atoms. The van der Waals surface area contributed by atoms with Crippen molar-refractivity contribution < 1.29 is 14.3 Å². The molecule has 1 unspecified atom stereocenters. The lowest BCUT2D eigenvalue weighted by molar-refractivity contribution is -0.120. The van der Waals surface area contributed by atoms with Crippen molar-refractivity contribution in [1.82, 2.24) is 15.4 Å². The third kappa shape index (κ3) is 2.74. The number of fused-ring (bicyclic) bond motifs is 1. The summed E-state index contributed by atoms with van der Waals surface area (Å²) >= 11 is 0. The van der Waals surface area contributed by atoms with Gasteiger partial charge < -0.3 is 14.8 Å². The molecule has 0 saturated carbocycles. The molecule has 1 aliphatic carbocycles. The highest BCUT2D eigenvalue weighted by Gasteiger charge is 2.27. The molecule has 0 aliphatic heterocycles. The number of ether oxygens (including phenoxy) is 2. The quantitative estimate of drug-likeness (QED) is 0.894. The molecule has 22 heavy (non-hydrogen) atoms. The Hall–Kier alpha value is -2.57. The molecule has 0 spiro atoms. The number of methoxy groups -OCH3 is 2. The van der Waals surface area contributed by atoms with E-state index in [1.165, 1.54) is 0 Å². The maximum atomic E-state index is 12.5. The highest BCUT2D eigenvalue weighted by Crippen LogP contribution is 2.30. The lowest BCUT2D eigenvalue weighted by atomic mass is 9.89. The van der Waals surface area contributed by atoms with E-state index >= 15 is 0 Å². The minimum atomic E-state index is -0.107. The molecule has 1 aromatic heterocycles. The Bertz CT molecular complexity index is 683. The molecule has 1 heterocycles. The van der Waals surface area contributed by atoms with E-state index in [0.29, 0.717) is 23.6 Å². The molecule has 2 N–H and O–H groups in total. The number of hydrogen-bond acceptors (Lipinski definition) is 5. The van der Waals surface area contributed by atoms with Crippen LogP contribution < -0.4 is 14.8 Å². The average Bonchev–Trinajstić information content (AvgIpc) is 3.02. The molecule has 7 nitrogen and oxygen atoms in total. The van der Waals surface area contributed by atoms with E-state index in [4.69, 9.17) is 9.47 Å². The van der Waals surface area contributed by atoms with Crippen molar-refractivity contribution in [2.75, 3.05) is 19.5 Å². The lowest BCUT2D eigenvalue weighted by Crippen LogP contribution is -2.28. The van der Waals surface area contributed by atoms with Gasteiger partial charge in [-0.05, 0) is 25.0 Å². The number of aromatic nitrogens is 3. The van der Waals surface area contributed by atoms with Crippen molar-refractivity contribution >= 4 is 11.6 Å². The van der Waals surface area contributed by atoms with Crippen molar-refractivity contribution in [2.45, 2.75) is 19.3 Å². The third-order valence-corrected chi connectivity index (χ3v) is 3.91. The predicted octanol–water partition coefficient (Wildman–Crippen LogP) is 1.57. The Labute approximate surface area is 128 Å². The van der Waals surface area contributed by atoms with Crippen molar-refractivity contribution in [3.05, 3.63) is 29.6 Å². The fourth-order valence-corrected chi connectivity index (χ4v) is 2.65. The predicted molar refractivity (Wildman–Crippen MR) is 80.1 cm³/mol. The van der Waals surface area contributed by atoms with Gasteiger partial charge in [-0.1, -0.05) is 0 Å². The molecule has 0 fully saturated rings. The highest BCUT2D eigenvalue weighted by atomic mass is 16.5. The maximum absolute atomic E-state index is 12.5. The van der Waals surface area contributed by atoms with Gasteiger partial charge in [-0.25, -0.2) is 0 Å². The third-order valence-electron chi connectivity index (χ3n) is 3.91. The Balaban J connectivity index is 1.72. The monoisotopic (exact) mass is 302 g/mol. The van der Waals surface area contributed by atoms with Gasteiger partial charge in [0.1, 0.15) is 11.5 Å². The first-order valence-electron chi connectivity index (χ1n) is 7.12. The number of rotatable bonds is 4. The van der Waals surface area contributed by atoms with Crippen LogP contribution >= 0.6 is 0 Å². The van der Waals surface area contributed by atoms with Gasteiger partial charge >= 0.3 is 0 Å². The summed E-state index contributed by atoms with van der Waals surface area (Å²) in [4.78, 5) is 12.5. The molecule has 1 aromatic carbocycles. The zero-order chi connectivity index (χ0) is 15.5. The van der Waals surface area contributed by atoms with Gasteiger partial charge in [0.05, 0.1) is 31.3 Å². The fourth-order valence-electron chi connectivity index (χ4n) is 2.65. The molecule has 1 amide bonds. The molecule has 3 rings (SSSR count). The summed E-state index contributed by atoms with van der Waals surface area (Å²) in [6.07, 6.45) is 2.14. The first-order chi connectivity index (χ1) is 10.7. The minimum Gasteiger partial charge on any atom is -0.497 e. The van der Waals surface area contributed by atoms with Crippen LogP contribution in [0.4, 0.5) is 5.69 Å². The number of H-pyrrole nitrogens is 1. The second kappa shape index (κ2) is 6.05. The number of carbonyl (C=O) groups is 1. The van der Waals surface area contributed by atoms with Crippen LogP contribution in [0.3, 0.4) is 0 Å². The van der Waals surface area contributed by atoms with Crippen molar-refractivity contribution in [3.8, 4) is 11.5 Å². The van der Waals surface area contributed by atoms with Gasteiger partial charge in [-0.2, -0.15) is 15.4 Å². The van der Waals surface area contributed by atoms with Crippen LogP contribution in [0.15, 0.2) is 18.2 Å². The van der Waals surface area contributed by atoms with Crippen LogP contribution in [-0.2, 0) is 17.6 Å². The Kier molecular flexibility index (Phi) is 3.95. The van der Waals surface area contributed by atoms with Crippen LogP contribution in [-0.4, -0.2) is 35.5 Å². The number of carbonyl (C=O) groups excluding carboxylic acids is 1. The standard InChI is InChI=1S/C15H18N4O3/c1-21-10-4-6-12(14(8-10)22-2)16-15(20)9-3-5-11-13(7-9)18-19-17-11/h4,6,8-9H,3,5,7H2,1-2H3,(H,16,20)(H,17,18,19). The van der Waals surface area contributed by atoms with Gasteiger partial charge in [0, 0.05) is 18.4 Å². The van der Waals surface area contributed by atoms with E-state index in [0.717, 1.165) is 24.2 Å². The van der Waals surface area contributed by atoms with Gasteiger partial charge in [-0.15, -0.1) is 0 Å². The summed E-state index contributed by atoms with van der Waals surface area (Å²) in [7, 11) is 3.15. The lowest BCUT2D eigenvalue weighted by Gasteiger charge is -2.20. The molecule has 7 heteroatoms. The Morgan fingerprint density at radius 2 is 2.09 bits per heavy atom. The summed E-state index contributed by atoms with van der Waals surface area (Å²) in [5.41, 5.74) is 2.48. The smallest absolute Gasteiger partial charge is 0.227 e. The summed E-state index contributed by atoms with van der Waals surface area (Å²) in [5.74, 6) is 1.12. The average molecular weight is 302 g/mol. The Morgan fingerprint density at radius 1 is 1.27 bits per heavy atom. The molecule has 0 radical (unpaired) electrons. The number of aromatic amines is 1. The zero-order valence-corrected chi connectivity index (χ0v) is 12.5. The number of aryl methyl sites for hydroxylation is 1. The summed E-state index contributed by atoms with van der Waals surface area (Å²) in [6.45, 7) is 0. The van der Waals surface area contributed by atoms with Crippen molar-refractivity contribution in [3.63, 3.8) is 0 Å². The molecule has 0 saturated heterocycles. The SMILES string of the molecule is COc1ccc(NC(=O)C2CCc3n[nH]nc3C2)c(OC)c1. The van der Waals surface area contributed by atoms with Gasteiger partial charge in [0.15, 0.2) is 0 Å². The summed E-state index contributed by atoms with van der Waals surface area (Å²) < 4.78 is 10.4. The molecule has 1 atom stereocenters. The van der Waals surface area contributed by atoms with E-state index in [1.54, 1.807) is 32.4 Å². The van der Waals surface area contributed by atoms with E-state index in [1.807, 2.05) is 0 Å². The van der Waals surface area contributed by atoms with E-state index < -0.39 is 0 Å². The fraction of sp³-hybridized carbons (Fsp3) is 0.400. The number of hydrogen-bond donors (Lipinski definition) is 2. The topological polar surface area (TPSA) is 89.1 Å². The number of nitrogens with one attached hydrogen (secondary N) is 2. The number of amides is 1. The number of benzene rings is 1. The van der Waals surface area contributed by atoms with Crippen LogP contribution in [0.1, 0.15) is 17.8 Å². The first kappa shape index (κ1) is 14.4. The minimum absolute atomic E-state index is 0.0304. The Morgan fingerprint density at radius 3 is 2.86 bits per heavy atom. The summed E-state index contributed by atoms with van der Waals surface area (Å²) in [6, 6.07) is 5.31. The largest absolute Gasteiger partial charge is 0.497 e. The van der Waals surface area contributed by atoms with Gasteiger partial charge in [-0.3, -0.25) is 4.79 Å². The van der Waals surface area contributed by atoms with Crippen LogP contribution in [0, 0.1) is 5.92 Å². The second-order valence-corrected chi connectivity index (χ2v) is 5.21. The van der Waals surface area contributed by atoms with E-state index in [2.05, 4.69) is 20.7 Å². The molecule has 2 aromatic rings. The number of anilines is 1. The second-order valence-electron chi connectivity index (χ2n) is 5.21. The van der Waals surface area contributed by atoms with E-state index in [-0.39, 0.29) is 11.8 Å². The van der Waals surface area contributed by atoms with Gasteiger partial charge in [0.25, 0.3) is 0 Å². The van der Waals surface area contributed by atoms with Crippen LogP contribution in [0.5, 0.6) is 11.5 Å². The van der Waals surface area contributed by atoms with Crippen molar-refractivity contribution in [2.24, 2.45) is 5.92 Å². The molecule has 116 valence electrons. The van der Waals surface area contributed by atoms with E-state index in [9.17, 15) is 4.79 Å². The maximum Gasteiger partial charge on any atom is 0.227 e. The molecule has 1 aliphatic rings. The van der Waals surface area contributed by atoms with Crippen LogP contribution in [0.2, 0.25) is 0 Å². The number of nitrogens with zero attached hydrogens (tertiary/aromatic N) is 2. The first-order valence-corrected chi connectivity index (χ1v) is 7.12. The van der Waals surface area contributed by atoms with Crippen LogP contribution in [0.25, 0.3) is 0 Å². The molecular formula is C15H18N4O3. The highest BCUT2D eigenvalue weighted by molar-refractivity contribution is 5.94. The normalized spacial score (nSPS) is 16.7. The zero-order valence-electron chi connectivity index (χ0n) is 12.5. The van der Waals surface area contributed by atoms with Crippen molar-refractivity contribution in [1.29, 1.82) is 0 Å². The molecular weight excluding hydrogens is 284 g/mol. The van der Waals surface area contributed by atoms with Gasteiger partial charge in [0.2, 0.25) is 5.91 Å². The summed E-state index contributed by atoms with van der Waals surface area (Å²) in [5, 5.41) is 13.7.